The third-order valence-electron chi connectivity index (χ3n) is 1.81. The first kappa shape index (κ1) is 11.9. The van der Waals surface area contributed by atoms with E-state index < -0.39 is 11.6 Å². The lowest BCUT2D eigenvalue weighted by molar-refractivity contribution is 0.311. The van der Waals surface area contributed by atoms with E-state index in [2.05, 4.69) is 12.2 Å². The summed E-state index contributed by atoms with van der Waals surface area (Å²) in [7, 11) is 0. The van der Waals surface area contributed by atoms with Gasteiger partial charge in [-0.2, -0.15) is 0 Å². The van der Waals surface area contributed by atoms with Crippen LogP contribution in [0.25, 0.3) is 0 Å². The first-order valence-electron chi connectivity index (χ1n) is 5.02. The Labute approximate surface area is 88.3 Å². The Morgan fingerprint density at radius 3 is 2.40 bits per heavy atom. The van der Waals surface area contributed by atoms with Crippen molar-refractivity contribution >= 4 is 0 Å². The average Bonchev–Trinajstić information content (AvgIpc) is 2.16. The third-order valence-corrected chi connectivity index (χ3v) is 1.81. The number of rotatable bonds is 6. The maximum absolute atomic E-state index is 12.7. The van der Waals surface area contributed by atoms with Gasteiger partial charge in [0.25, 0.3) is 0 Å². The minimum Gasteiger partial charge on any atom is -0.492 e. The topological polar surface area (TPSA) is 21.3 Å². The second-order valence-corrected chi connectivity index (χ2v) is 3.20. The second-order valence-electron chi connectivity index (χ2n) is 3.20. The van der Waals surface area contributed by atoms with Gasteiger partial charge in [-0.3, -0.25) is 0 Å². The summed E-state index contributed by atoms with van der Waals surface area (Å²) in [5.74, 6) is -1.01. The summed E-state index contributed by atoms with van der Waals surface area (Å²) in [6.45, 7) is 4.06. The fourth-order valence-corrected chi connectivity index (χ4v) is 1.15. The number of halogens is 2. The van der Waals surface area contributed by atoms with Gasteiger partial charge < -0.3 is 10.1 Å². The van der Waals surface area contributed by atoms with Crippen LogP contribution in [0.3, 0.4) is 0 Å². The van der Waals surface area contributed by atoms with E-state index in [-0.39, 0.29) is 5.75 Å². The summed E-state index contributed by atoms with van der Waals surface area (Å²) in [6, 6.07) is 3.16. The van der Waals surface area contributed by atoms with E-state index in [0.29, 0.717) is 13.2 Å². The highest BCUT2D eigenvalue weighted by Gasteiger charge is 2.00. The molecule has 0 fully saturated rings. The third kappa shape index (κ3) is 4.74. The predicted octanol–water partition coefficient (Wildman–Crippen LogP) is 2.34. The number of hydrogen-bond donors (Lipinski definition) is 1. The Kier molecular flexibility index (Phi) is 5.04. The quantitative estimate of drug-likeness (QED) is 0.735. The number of benzene rings is 1. The molecular formula is C11H15F2NO. The van der Waals surface area contributed by atoms with Gasteiger partial charge in [0.1, 0.15) is 24.0 Å². The van der Waals surface area contributed by atoms with Gasteiger partial charge in [-0.05, 0) is 13.0 Å². The van der Waals surface area contributed by atoms with Gasteiger partial charge in [0.2, 0.25) is 0 Å². The number of nitrogens with one attached hydrogen (secondary N) is 1. The first-order chi connectivity index (χ1) is 7.22. The number of hydrogen-bond acceptors (Lipinski definition) is 2. The van der Waals surface area contributed by atoms with Crippen molar-refractivity contribution in [2.75, 3.05) is 19.7 Å². The molecule has 0 bridgehead atoms. The Bertz CT molecular complexity index is 284. The van der Waals surface area contributed by atoms with E-state index in [1.807, 2.05) is 0 Å². The van der Waals surface area contributed by atoms with Crippen LogP contribution in [0.4, 0.5) is 8.78 Å². The molecule has 1 rings (SSSR count). The SMILES string of the molecule is CCCNCCOc1cc(F)cc(F)c1. The largest absolute Gasteiger partial charge is 0.492 e. The maximum Gasteiger partial charge on any atom is 0.129 e. The van der Waals surface area contributed by atoms with Crippen LogP contribution in [-0.4, -0.2) is 19.7 Å². The molecule has 84 valence electrons. The van der Waals surface area contributed by atoms with Crippen molar-refractivity contribution in [2.45, 2.75) is 13.3 Å². The van der Waals surface area contributed by atoms with Crippen LogP contribution in [0.5, 0.6) is 5.75 Å². The first-order valence-corrected chi connectivity index (χ1v) is 5.02. The van der Waals surface area contributed by atoms with Crippen molar-refractivity contribution in [3.8, 4) is 5.75 Å². The zero-order chi connectivity index (χ0) is 11.1. The summed E-state index contributed by atoms with van der Waals surface area (Å²) >= 11 is 0. The molecule has 15 heavy (non-hydrogen) atoms. The Morgan fingerprint density at radius 1 is 1.13 bits per heavy atom. The van der Waals surface area contributed by atoms with Crippen molar-refractivity contribution in [3.05, 3.63) is 29.8 Å². The van der Waals surface area contributed by atoms with Gasteiger partial charge in [-0.1, -0.05) is 6.92 Å². The monoisotopic (exact) mass is 215 g/mol. The standard InChI is InChI=1S/C11H15F2NO/c1-2-3-14-4-5-15-11-7-9(12)6-10(13)8-11/h6-8,14H,2-5H2,1H3. The molecule has 0 radical (unpaired) electrons. The molecular weight excluding hydrogens is 200 g/mol. The van der Waals surface area contributed by atoms with Gasteiger partial charge >= 0.3 is 0 Å². The fraction of sp³-hybridized carbons (Fsp3) is 0.455. The molecule has 0 atom stereocenters. The summed E-state index contributed by atoms with van der Waals surface area (Å²) in [5.41, 5.74) is 0. The van der Waals surface area contributed by atoms with E-state index in [1.165, 1.54) is 12.1 Å². The minimum atomic E-state index is -0.619. The molecule has 0 unspecified atom stereocenters. The summed E-state index contributed by atoms with van der Waals surface area (Å²) in [6.07, 6.45) is 1.05. The molecule has 1 aromatic carbocycles. The number of ether oxygens (including phenoxy) is 1. The highest BCUT2D eigenvalue weighted by atomic mass is 19.1. The molecule has 2 nitrogen and oxygen atoms in total. The zero-order valence-electron chi connectivity index (χ0n) is 8.72. The van der Waals surface area contributed by atoms with Crippen LogP contribution >= 0.6 is 0 Å². The molecule has 0 spiro atoms. The van der Waals surface area contributed by atoms with E-state index >= 15 is 0 Å². The minimum absolute atomic E-state index is 0.228. The molecule has 0 aliphatic rings. The van der Waals surface area contributed by atoms with E-state index in [1.54, 1.807) is 0 Å². The lowest BCUT2D eigenvalue weighted by atomic mass is 10.3. The summed E-state index contributed by atoms with van der Waals surface area (Å²) in [4.78, 5) is 0. The van der Waals surface area contributed by atoms with Crippen LogP contribution in [-0.2, 0) is 0 Å². The Hall–Kier alpha value is -1.16. The van der Waals surface area contributed by atoms with E-state index in [9.17, 15) is 8.78 Å². The average molecular weight is 215 g/mol. The van der Waals surface area contributed by atoms with Crippen LogP contribution in [0.15, 0.2) is 18.2 Å². The fourth-order valence-electron chi connectivity index (χ4n) is 1.15. The lowest BCUT2D eigenvalue weighted by Crippen LogP contribution is -2.21. The smallest absolute Gasteiger partial charge is 0.129 e. The highest BCUT2D eigenvalue weighted by Crippen LogP contribution is 2.14. The summed E-state index contributed by atoms with van der Waals surface area (Å²) in [5, 5.41) is 3.12. The van der Waals surface area contributed by atoms with Gasteiger partial charge in [-0.15, -0.1) is 0 Å². The van der Waals surface area contributed by atoms with Crippen LogP contribution in [0.2, 0.25) is 0 Å². The van der Waals surface area contributed by atoms with Crippen LogP contribution in [0.1, 0.15) is 13.3 Å². The van der Waals surface area contributed by atoms with Crippen molar-refractivity contribution in [3.63, 3.8) is 0 Å². The normalized spacial score (nSPS) is 10.3. The molecule has 0 amide bonds. The van der Waals surface area contributed by atoms with Crippen molar-refractivity contribution in [2.24, 2.45) is 0 Å². The van der Waals surface area contributed by atoms with E-state index in [0.717, 1.165) is 19.0 Å². The van der Waals surface area contributed by atoms with Crippen molar-refractivity contribution < 1.29 is 13.5 Å². The molecule has 0 aliphatic heterocycles. The Morgan fingerprint density at radius 2 is 1.80 bits per heavy atom. The van der Waals surface area contributed by atoms with Gasteiger partial charge in [0.15, 0.2) is 0 Å². The molecule has 0 saturated heterocycles. The maximum atomic E-state index is 12.7. The molecule has 1 aromatic rings. The van der Waals surface area contributed by atoms with Crippen molar-refractivity contribution in [1.29, 1.82) is 0 Å². The molecule has 0 heterocycles. The van der Waals surface area contributed by atoms with E-state index in [4.69, 9.17) is 4.74 Å². The highest BCUT2D eigenvalue weighted by molar-refractivity contribution is 5.23. The zero-order valence-corrected chi connectivity index (χ0v) is 8.72. The van der Waals surface area contributed by atoms with Crippen molar-refractivity contribution in [1.82, 2.24) is 5.32 Å². The Balaban J connectivity index is 2.31. The molecule has 0 aromatic heterocycles. The molecule has 0 saturated carbocycles. The van der Waals surface area contributed by atoms with Crippen LogP contribution < -0.4 is 10.1 Å². The molecule has 0 aliphatic carbocycles. The molecule has 1 N–H and O–H groups in total. The lowest BCUT2D eigenvalue weighted by Gasteiger charge is -2.07. The van der Waals surface area contributed by atoms with Crippen LogP contribution in [0, 0.1) is 11.6 Å². The second kappa shape index (κ2) is 6.35. The van der Waals surface area contributed by atoms with Gasteiger partial charge in [-0.25, -0.2) is 8.78 Å². The summed E-state index contributed by atoms with van der Waals surface area (Å²) < 4.78 is 30.6. The van der Waals surface area contributed by atoms with Gasteiger partial charge in [0.05, 0.1) is 0 Å². The predicted molar refractivity (Wildman–Crippen MR) is 55.0 cm³/mol. The van der Waals surface area contributed by atoms with Gasteiger partial charge in [0, 0.05) is 24.7 Å². The molecule has 4 heteroatoms.